The van der Waals surface area contributed by atoms with Crippen molar-refractivity contribution in [1.82, 2.24) is 4.98 Å². The lowest BCUT2D eigenvalue weighted by Crippen LogP contribution is -2.27. The molecule has 2 aromatic rings. The molecule has 1 aromatic carbocycles. The Kier molecular flexibility index (Phi) is 3.06. The molecule has 3 rings (SSSR count). The molecule has 3 N–H and O–H groups in total. The van der Waals surface area contributed by atoms with Gasteiger partial charge in [0.2, 0.25) is 5.91 Å². The third-order valence-corrected chi connectivity index (χ3v) is 4.74. The minimum Gasteiger partial charge on any atom is -0.399 e. The number of nitrogen functional groups attached to an aromatic ring is 1. The standard InChI is InChI=1S/C13H12BrN3OS/c14-10-7-16-12(19-10)17-11(18)13(5-6-13)8-1-3-9(15)4-2-8/h1-4,7H,5-6,15H2,(H,16,17,18). The Hall–Kier alpha value is -1.40. The average Bonchev–Trinajstić information content (AvgIpc) is 3.10. The number of nitrogens with two attached hydrogens (primary N) is 1. The number of amides is 1. The molecule has 0 bridgehead atoms. The molecule has 0 unspecified atom stereocenters. The van der Waals surface area contributed by atoms with E-state index in [0.29, 0.717) is 10.8 Å². The van der Waals surface area contributed by atoms with Gasteiger partial charge in [-0.2, -0.15) is 0 Å². The van der Waals surface area contributed by atoms with E-state index in [1.165, 1.54) is 11.3 Å². The molecular formula is C13H12BrN3OS. The van der Waals surface area contributed by atoms with Gasteiger partial charge in [0.1, 0.15) is 0 Å². The molecule has 0 spiro atoms. The van der Waals surface area contributed by atoms with E-state index in [1.807, 2.05) is 24.3 Å². The highest BCUT2D eigenvalue weighted by molar-refractivity contribution is 9.11. The van der Waals surface area contributed by atoms with Crippen molar-refractivity contribution in [3.8, 4) is 0 Å². The lowest BCUT2D eigenvalue weighted by Gasteiger charge is -2.14. The first-order valence-corrected chi connectivity index (χ1v) is 7.50. The summed E-state index contributed by atoms with van der Waals surface area (Å²) in [6.07, 6.45) is 3.42. The summed E-state index contributed by atoms with van der Waals surface area (Å²) in [7, 11) is 0. The van der Waals surface area contributed by atoms with Crippen molar-refractivity contribution in [3.05, 3.63) is 39.8 Å². The summed E-state index contributed by atoms with van der Waals surface area (Å²) in [4.78, 5) is 16.5. The summed E-state index contributed by atoms with van der Waals surface area (Å²) in [5.74, 6) is 0.0131. The summed E-state index contributed by atoms with van der Waals surface area (Å²) in [6, 6.07) is 7.53. The number of halogens is 1. The zero-order valence-corrected chi connectivity index (χ0v) is 12.4. The predicted molar refractivity (Wildman–Crippen MR) is 80.2 cm³/mol. The second-order valence-corrected chi connectivity index (χ2v) is 7.04. The van der Waals surface area contributed by atoms with Crippen molar-refractivity contribution in [2.45, 2.75) is 18.3 Å². The van der Waals surface area contributed by atoms with Gasteiger partial charge < -0.3 is 11.1 Å². The summed E-state index contributed by atoms with van der Waals surface area (Å²) in [5.41, 5.74) is 7.02. The second-order valence-electron chi connectivity index (χ2n) is 4.63. The zero-order chi connectivity index (χ0) is 13.5. The molecular weight excluding hydrogens is 326 g/mol. The number of carbonyl (C=O) groups is 1. The normalized spacial score (nSPS) is 16.1. The Morgan fingerprint density at radius 1 is 1.37 bits per heavy atom. The number of nitrogens with zero attached hydrogens (tertiary/aromatic N) is 1. The number of rotatable bonds is 3. The molecule has 98 valence electrons. The molecule has 1 aliphatic rings. The van der Waals surface area contributed by atoms with Gasteiger partial charge in [-0.15, -0.1) is 0 Å². The van der Waals surface area contributed by atoms with Crippen LogP contribution in [0.1, 0.15) is 18.4 Å². The first-order valence-electron chi connectivity index (χ1n) is 5.89. The van der Waals surface area contributed by atoms with Crippen molar-refractivity contribution >= 4 is 44.0 Å². The Balaban J connectivity index is 1.81. The number of thiazole rings is 1. The Labute approximate surface area is 123 Å². The molecule has 0 atom stereocenters. The fourth-order valence-corrected chi connectivity index (χ4v) is 3.20. The molecule has 1 aliphatic carbocycles. The Bertz CT molecular complexity index is 619. The molecule has 0 radical (unpaired) electrons. The van der Waals surface area contributed by atoms with Gasteiger partial charge in [-0.05, 0) is 46.5 Å². The van der Waals surface area contributed by atoms with Crippen molar-refractivity contribution in [2.75, 3.05) is 11.1 Å². The number of aromatic nitrogens is 1. The quantitative estimate of drug-likeness (QED) is 0.845. The highest BCUT2D eigenvalue weighted by Crippen LogP contribution is 2.49. The third kappa shape index (κ3) is 2.37. The molecule has 19 heavy (non-hydrogen) atoms. The summed E-state index contributed by atoms with van der Waals surface area (Å²) >= 11 is 4.74. The van der Waals surface area contributed by atoms with Crippen LogP contribution in [0.3, 0.4) is 0 Å². The monoisotopic (exact) mass is 337 g/mol. The number of carbonyl (C=O) groups excluding carboxylic acids is 1. The number of hydrogen-bond donors (Lipinski definition) is 2. The minimum absolute atomic E-state index is 0.0131. The molecule has 1 fully saturated rings. The number of benzene rings is 1. The van der Waals surface area contributed by atoms with Gasteiger partial charge in [-0.3, -0.25) is 4.79 Å². The van der Waals surface area contributed by atoms with Gasteiger partial charge >= 0.3 is 0 Å². The Morgan fingerprint density at radius 2 is 2.05 bits per heavy atom. The van der Waals surface area contributed by atoms with Crippen LogP contribution in [-0.2, 0) is 10.2 Å². The van der Waals surface area contributed by atoms with E-state index < -0.39 is 5.41 Å². The van der Waals surface area contributed by atoms with Gasteiger partial charge in [-0.25, -0.2) is 4.98 Å². The van der Waals surface area contributed by atoms with Crippen LogP contribution in [0.5, 0.6) is 0 Å². The van der Waals surface area contributed by atoms with Gasteiger partial charge in [0.15, 0.2) is 5.13 Å². The average molecular weight is 338 g/mol. The molecule has 4 nitrogen and oxygen atoms in total. The molecule has 6 heteroatoms. The van der Waals surface area contributed by atoms with E-state index in [-0.39, 0.29) is 5.91 Å². The van der Waals surface area contributed by atoms with Crippen LogP contribution in [0.2, 0.25) is 0 Å². The molecule has 0 aliphatic heterocycles. The van der Waals surface area contributed by atoms with E-state index in [0.717, 1.165) is 22.2 Å². The highest BCUT2D eigenvalue weighted by Gasteiger charge is 2.51. The maximum absolute atomic E-state index is 12.4. The van der Waals surface area contributed by atoms with E-state index in [1.54, 1.807) is 6.20 Å². The van der Waals surface area contributed by atoms with Crippen LogP contribution in [0, 0.1) is 0 Å². The summed E-state index contributed by atoms with van der Waals surface area (Å²) in [5, 5.41) is 3.51. The summed E-state index contributed by atoms with van der Waals surface area (Å²) in [6.45, 7) is 0. The fourth-order valence-electron chi connectivity index (χ4n) is 2.10. The van der Waals surface area contributed by atoms with Crippen LogP contribution in [0.4, 0.5) is 10.8 Å². The molecule has 1 amide bonds. The van der Waals surface area contributed by atoms with Crippen molar-refractivity contribution in [3.63, 3.8) is 0 Å². The van der Waals surface area contributed by atoms with Crippen molar-refractivity contribution < 1.29 is 4.79 Å². The maximum Gasteiger partial charge on any atom is 0.236 e. The van der Waals surface area contributed by atoms with E-state index in [9.17, 15) is 4.79 Å². The van der Waals surface area contributed by atoms with Gasteiger partial charge in [-0.1, -0.05) is 23.5 Å². The summed E-state index contributed by atoms with van der Waals surface area (Å²) < 4.78 is 0.903. The predicted octanol–water partition coefficient (Wildman–Crippen LogP) is 3.16. The first kappa shape index (κ1) is 12.6. The maximum atomic E-state index is 12.4. The van der Waals surface area contributed by atoms with E-state index in [4.69, 9.17) is 5.73 Å². The SMILES string of the molecule is Nc1ccc(C2(C(=O)Nc3ncc(Br)s3)CC2)cc1. The van der Waals surface area contributed by atoms with Gasteiger partial charge in [0, 0.05) is 5.69 Å². The van der Waals surface area contributed by atoms with Crippen LogP contribution < -0.4 is 11.1 Å². The number of hydrogen-bond acceptors (Lipinski definition) is 4. The number of anilines is 2. The van der Waals surface area contributed by atoms with E-state index in [2.05, 4.69) is 26.2 Å². The lowest BCUT2D eigenvalue weighted by molar-refractivity contribution is -0.118. The molecule has 0 saturated heterocycles. The Morgan fingerprint density at radius 3 is 2.58 bits per heavy atom. The molecule has 1 aromatic heterocycles. The van der Waals surface area contributed by atoms with Crippen LogP contribution in [-0.4, -0.2) is 10.9 Å². The third-order valence-electron chi connectivity index (χ3n) is 3.35. The smallest absolute Gasteiger partial charge is 0.236 e. The van der Waals surface area contributed by atoms with Crippen LogP contribution >= 0.6 is 27.3 Å². The lowest BCUT2D eigenvalue weighted by atomic mass is 9.95. The fraction of sp³-hybridized carbons (Fsp3) is 0.231. The van der Waals surface area contributed by atoms with Gasteiger partial charge in [0.05, 0.1) is 15.4 Å². The topological polar surface area (TPSA) is 68.0 Å². The largest absolute Gasteiger partial charge is 0.399 e. The van der Waals surface area contributed by atoms with Crippen molar-refractivity contribution in [2.24, 2.45) is 0 Å². The minimum atomic E-state index is -0.397. The molecule has 1 saturated carbocycles. The van der Waals surface area contributed by atoms with Crippen LogP contribution in [0.15, 0.2) is 34.2 Å². The van der Waals surface area contributed by atoms with Crippen molar-refractivity contribution in [1.29, 1.82) is 0 Å². The number of nitrogens with one attached hydrogen (secondary N) is 1. The zero-order valence-electron chi connectivity index (χ0n) is 10.0. The van der Waals surface area contributed by atoms with Gasteiger partial charge in [0.25, 0.3) is 0 Å². The first-order chi connectivity index (χ1) is 9.10. The second kappa shape index (κ2) is 4.61. The van der Waals surface area contributed by atoms with Crippen LogP contribution in [0.25, 0.3) is 0 Å². The van der Waals surface area contributed by atoms with E-state index >= 15 is 0 Å². The highest BCUT2D eigenvalue weighted by atomic mass is 79.9. The molecule has 1 heterocycles.